The second-order valence-corrected chi connectivity index (χ2v) is 5.96. The number of fused-ring (bicyclic) bond motifs is 1. The predicted molar refractivity (Wildman–Crippen MR) is 85.2 cm³/mol. The number of nitrogens with zero attached hydrogens (tertiary/aromatic N) is 2. The van der Waals surface area contributed by atoms with E-state index in [9.17, 15) is 0 Å². The fourth-order valence-electron chi connectivity index (χ4n) is 3.15. The lowest BCUT2D eigenvalue weighted by Crippen LogP contribution is -2.48. The van der Waals surface area contributed by atoms with Gasteiger partial charge >= 0.3 is 0 Å². The van der Waals surface area contributed by atoms with E-state index in [4.69, 9.17) is 0 Å². The summed E-state index contributed by atoms with van der Waals surface area (Å²) in [6.45, 7) is 6.65. The third kappa shape index (κ3) is 2.78. The lowest BCUT2D eigenvalue weighted by molar-refractivity contribution is 0.395. The van der Waals surface area contributed by atoms with Gasteiger partial charge in [0.05, 0.1) is 11.2 Å². The van der Waals surface area contributed by atoms with Crippen molar-refractivity contribution in [2.24, 2.45) is 0 Å². The number of nitrogens with one attached hydrogen (secondary N) is 1. The van der Waals surface area contributed by atoms with Crippen LogP contribution in [0.1, 0.15) is 26.7 Å². The van der Waals surface area contributed by atoms with Crippen molar-refractivity contribution in [1.29, 1.82) is 0 Å². The van der Waals surface area contributed by atoms with Gasteiger partial charge in [0.15, 0.2) is 0 Å². The van der Waals surface area contributed by atoms with Crippen LogP contribution >= 0.6 is 0 Å². The van der Waals surface area contributed by atoms with Gasteiger partial charge in [-0.05, 0) is 25.0 Å². The highest BCUT2D eigenvalue weighted by atomic mass is 15.2. The van der Waals surface area contributed by atoms with Crippen LogP contribution in [0.3, 0.4) is 0 Å². The van der Waals surface area contributed by atoms with E-state index in [1.807, 2.05) is 12.3 Å². The van der Waals surface area contributed by atoms with Crippen LogP contribution in [-0.4, -0.2) is 30.2 Å². The lowest BCUT2D eigenvalue weighted by Gasteiger charge is -2.36. The van der Waals surface area contributed by atoms with Crippen molar-refractivity contribution in [3.63, 3.8) is 0 Å². The molecule has 0 aliphatic carbocycles. The first-order chi connectivity index (χ1) is 9.74. The van der Waals surface area contributed by atoms with Crippen LogP contribution in [0.25, 0.3) is 10.9 Å². The zero-order valence-electron chi connectivity index (χ0n) is 12.3. The molecule has 1 N–H and O–H groups in total. The van der Waals surface area contributed by atoms with Crippen molar-refractivity contribution in [2.45, 2.75) is 38.8 Å². The molecular formula is C17H23N3. The molecule has 1 aliphatic rings. The molecule has 0 saturated carbocycles. The van der Waals surface area contributed by atoms with E-state index in [-0.39, 0.29) is 0 Å². The van der Waals surface area contributed by atoms with Crippen molar-refractivity contribution in [3.05, 3.63) is 36.5 Å². The summed E-state index contributed by atoms with van der Waals surface area (Å²) < 4.78 is 0. The van der Waals surface area contributed by atoms with Crippen molar-refractivity contribution < 1.29 is 0 Å². The molecule has 0 spiro atoms. The molecule has 1 aromatic heterocycles. The van der Waals surface area contributed by atoms with Crippen LogP contribution in [-0.2, 0) is 0 Å². The Hall–Kier alpha value is -1.61. The van der Waals surface area contributed by atoms with Crippen LogP contribution in [0.15, 0.2) is 36.5 Å². The Bertz CT molecular complexity index is 574. The molecule has 3 heteroatoms. The SMILES string of the molecule is CC(C)NC1CCCN(c2cccc3cccnc23)C1. The number of pyridine rings is 1. The number of piperidine rings is 1. The summed E-state index contributed by atoms with van der Waals surface area (Å²) in [5.41, 5.74) is 2.40. The molecule has 3 rings (SSSR count). The van der Waals surface area contributed by atoms with E-state index < -0.39 is 0 Å². The second-order valence-electron chi connectivity index (χ2n) is 5.96. The van der Waals surface area contributed by atoms with Gasteiger partial charge in [-0.2, -0.15) is 0 Å². The first-order valence-electron chi connectivity index (χ1n) is 7.59. The summed E-state index contributed by atoms with van der Waals surface area (Å²) >= 11 is 0. The molecule has 1 unspecified atom stereocenters. The molecule has 0 amide bonds. The Kier molecular flexibility index (Phi) is 3.88. The molecule has 3 nitrogen and oxygen atoms in total. The highest BCUT2D eigenvalue weighted by Crippen LogP contribution is 2.27. The first-order valence-corrected chi connectivity index (χ1v) is 7.59. The Morgan fingerprint density at radius 3 is 2.95 bits per heavy atom. The van der Waals surface area contributed by atoms with E-state index in [1.54, 1.807) is 0 Å². The molecule has 1 aliphatic heterocycles. The van der Waals surface area contributed by atoms with Gasteiger partial charge in [0.25, 0.3) is 0 Å². The number of anilines is 1. The Morgan fingerprint density at radius 2 is 2.10 bits per heavy atom. The molecule has 0 bridgehead atoms. The zero-order chi connectivity index (χ0) is 13.9. The van der Waals surface area contributed by atoms with Crippen LogP contribution in [0.5, 0.6) is 0 Å². The quantitative estimate of drug-likeness (QED) is 0.927. The first kappa shape index (κ1) is 13.4. The summed E-state index contributed by atoms with van der Waals surface area (Å²) in [4.78, 5) is 7.07. The largest absolute Gasteiger partial charge is 0.368 e. The summed E-state index contributed by atoms with van der Waals surface area (Å²) in [6.07, 6.45) is 4.40. The minimum atomic E-state index is 0.547. The van der Waals surface area contributed by atoms with Crippen molar-refractivity contribution >= 4 is 16.6 Å². The highest BCUT2D eigenvalue weighted by Gasteiger charge is 2.21. The number of para-hydroxylation sites is 1. The maximum absolute atomic E-state index is 4.58. The molecule has 2 aromatic rings. The predicted octanol–water partition coefficient (Wildman–Crippen LogP) is 3.20. The van der Waals surface area contributed by atoms with Gasteiger partial charge in [-0.15, -0.1) is 0 Å². The minimum absolute atomic E-state index is 0.547. The molecule has 1 fully saturated rings. The van der Waals surface area contributed by atoms with Crippen LogP contribution in [0.4, 0.5) is 5.69 Å². The summed E-state index contributed by atoms with van der Waals surface area (Å²) in [7, 11) is 0. The Balaban J connectivity index is 1.87. The van der Waals surface area contributed by atoms with Gasteiger partial charge < -0.3 is 10.2 Å². The normalized spacial score (nSPS) is 19.8. The molecule has 2 heterocycles. The van der Waals surface area contributed by atoms with Gasteiger partial charge in [-0.3, -0.25) is 4.98 Å². The van der Waals surface area contributed by atoms with E-state index in [1.165, 1.54) is 23.9 Å². The van der Waals surface area contributed by atoms with Crippen molar-refractivity contribution in [1.82, 2.24) is 10.3 Å². The van der Waals surface area contributed by atoms with Crippen molar-refractivity contribution in [2.75, 3.05) is 18.0 Å². The van der Waals surface area contributed by atoms with Crippen LogP contribution < -0.4 is 10.2 Å². The fraction of sp³-hybridized carbons (Fsp3) is 0.471. The molecule has 106 valence electrons. The Morgan fingerprint density at radius 1 is 1.25 bits per heavy atom. The monoisotopic (exact) mass is 269 g/mol. The fourth-order valence-corrected chi connectivity index (χ4v) is 3.15. The van der Waals surface area contributed by atoms with E-state index in [2.05, 4.69) is 53.3 Å². The molecule has 0 radical (unpaired) electrons. The third-order valence-electron chi connectivity index (χ3n) is 3.94. The molecule has 1 atom stereocenters. The molecule has 1 saturated heterocycles. The lowest BCUT2D eigenvalue weighted by atomic mass is 10.0. The Labute approximate surface area is 121 Å². The van der Waals surface area contributed by atoms with E-state index in [0.29, 0.717) is 12.1 Å². The summed E-state index contributed by atoms with van der Waals surface area (Å²) in [5.74, 6) is 0. The van der Waals surface area contributed by atoms with Gasteiger partial charge in [0.2, 0.25) is 0 Å². The topological polar surface area (TPSA) is 28.2 Å². The average Bonchev–Trinajstić information content (AvgIpc) is 2.46. The zero-order valence-corrected chi connectivity index (χ0v) is 12.3. The van der Waals surface area contributed by atoms with E-state index in [0.717, 1.165) is 18.6 Å². The number of hydrogen-bond acceptors (Lipinski definition) is 3. The standard InChI is InChI=1S/C17H23N3/c1-13(2)19-15-8-5-11-20(12-15)16-9-3-6-14-7-4-10-18-17(14)16/h3-4,6-7,9-10,13,15,19H,5,8,11-12H2,1-2H3. The van der Waals surface area contributed by atoms with Gasteiger partial charge in [-0.25, -0.2) is 0 Å². The molecule has 20 heavy (non-hydrogen) atoms. The minimum Gasteiger partial charge on any atom is -0.368 e. The number of benzene rings is 1. The molecular weight excluding hydrogens is 246 g/mol. The van der Waals surface area contributed by atoms with Gasteiger partial charge in [0.1, 0.15) is 0 Å². The average molecular weight is 269 g/mol. The maximum Gasteiger partial charge on any atom is 0.0935 e. The van der Waals surface area contributed by atoms with Crippen LogP contribution in [0, 0.1) is 0 Å². The number of aromatic nitrogens is 1. The number of hydrogen-bond donors (Lipinski definition) is 1. The maximum atomic E-state index is 4.58. The van der Waals surface area contributed by atoms with Crippen molar-refractivity contribution in [3.8, 4) is 0 Å². The van der Waals surface area contributed by atoms with Gasteiger partial charge in [0, 0.05) is 36.8 Å². The second kappa shape index (κ2) is 5.80. The van der Waals surface area contributed by atoms with Gasteiger partial charge in [-0.1, -0.05) is 32.0 Å². The highest BCUT2D eigenvalue weighted by molar-refractivity contribution is 5.90. The smallest absolute Gasteiger partial charge is 0.0935 e. The number of rotatable bonds is 3. The summed E-state index contributed by atoms with van der Waals surface area (Å²) in [5, 5.41) is 4.89. The third-order valence-corrected chi connectivity index (χ3v) is 3.94. The molecule has 1 aromatic carbocycles. The van der Waals surface area contributed by atoms with E-state index >= 15 is 0 Å². The van der Waals surface area contributed by atoms with Crippen LogP contribution in [0.2, 0.25) is 0 Å². The summed E-state index contributed by atoms with van der Waals surface area (Å²) in [6, 6.07) is 11.8.